The van der Waals surface area contributed by atoms with Crippen molar-refractivity contribution in [2.24, 2.45) is 5.92 Å². The Morgan fingerprint density at radius 1 is 1.22 bits per heavy atom. The highest BCUT2D eigenvalue weighted by atomic mass is 16.5. The van der Waals surface area contributed by atoms with Crippen LogP contribution in [0, 0.1) is 5.92 Å². The SMILES string of the molecule is CCCC(C)OC1(CNC(C)C)CCC(C)CC1. The fourth-order valence-electron chi connectivity index (χ4n) is 2.91. The lowest BCUT2D eigenvalue weighted by Gasteiger charge is -2.42. The Kier molecular flexibility index (Phi) is 6.65. The minimum atomic E-state index is 0.103. The third-order valence-electron chi connectivity index (χ3n) is 4.16. The molecule has 1 aliphatic carbocycles. The molecule has 1 rings (SSSR count). The molecule has 0 saturated heterocycles. The topological polar surface area (TPSA) is 21.3 Å². The second kappa shape index (κ2) is 7.49. The molecular formula is C16H33NO. The van der Waals surface area contributed by atoms with E-state index in [1.165, 1.54) is 38.5 Å². The summed E-state index contributed by atoms with van der Waals surface area (Å²) in [6.45, 7) is 12.3. The zero-order valence-electron chi connectivity index (χ0n) is 13.1. The molecule has 1 fully saturated rings. The Hall–Kier alpha value is -0.0800. The fraction of sp³-hybridized carbons (Fsp3) is 1.00. The molecule has 0 radical (unpaired) electrons. The van der Waals surface area contributed by atoms with Crippen molar-refractivity contribution in [2.75, 3.05) is 6.54 Å². The van der Waals surface area contributed by atoms with E-state index in [9.17, 15) is 0 Å². The van der Waals surface area contributed by atoms with Crippen molar-refractivity contribution >= 4 is 0 Å². The Labute approximate surface area is 114 Å². The zero-order chi connectivity index (χ0) is 13.6. The molecule has 1 atom stereocenters. The second-order valence-electron chi connectivity index (χ2n) is 6.62. The van der Waals surface area contributed by atoms with E-state index in [0.29, 0.717) is 12.1 Å². The van der Waals surface area contributed by atoms with Gasteiger partial charge in [0.2, 0.25) is 0 Å². The number of ether oxygens (including phenoxy) is 1. The molecule has 0 aromatic rings. The molecular weight excluding hydrogens is 222 g/mol. The van der Waals surface area contributed by atoms with Gasteiger partial charge >= 0.3 is 0 Å². The summed E-state index contributed by atoms with van der Waals surface area (Å²) in [7, 11) is 0. The van der Waals surface area contributed by atoms with E-state index in [1.807, 2.05) is 0 Å². The first kappa shape index (κ1) is 16.0. The van der Waals surface area contributed by atoms with E-state index in [-0.39, 0.29) is 5.60 Å². The van der Waals surface area contributed by atoms with Crippen LogP contribution in [0.1, 0.15) is 73.1 Å². The minimum absolute atomic E-state index is 0.103. The van der Waals surface area contributed by atoms with Gasteiger partial charge in [0.05, 0.1) is 11.7 Å². The average Bonchev–Trinajstić information content (AvgIpc) is 2.31. The molecule has 0 aromatic carbocycles. The average molecular weight is 255 g/mol. The lowest BCUT2D eigenvalue weighted by atomic mass is 9.79. The van der Waals surface area contributed by atoms with E-state index in [1.54, 1.807) is 0 Å². The van der Waals surface area contributed by atoms with Crippen molar-refractivity contribution in [3.05, 3.63) is 0 Å². The minimum Gasteiger partial charge on any atom is -0.371 e. The van der Waals surface area contributed by atoms with E-state index < -0.39 is 0 Å². The lowest BCUT2D eigenvalue weighted by molar-refractivity contribution is -0.114. The molecule has 18 heavy (non-hydrogen) atoms. The standard InChI is InChI=1S/C16H33NO/c1-6-7-15(5)18-16(12-17-13(2)3)10-8-14(4)9-11-16/h13-15,17H,6-12H2,1-5H3. The number of nitrogens with one attached hydrogen (secondary N) is 1. The van der Waals surface area contributed by atoms with Gasteiger partial charge in [-0.25, -0.2) is 0 Å². The maximum absolute atomic E-state index is 6.46. The van der Waals surface area contributed by atoms with Crippen LogP contribution < -0.4 is 5.32 Å². The Morgan fingerprint density at radius 2 is 1.83 bits per heavy atom. The highest BCUT2D eigenvalue weighted by Gasteiger charge is 2.36. The van der Waals surface area contributed by atoms with Crippen molar-refractivity contribution in [1.29, 1.82) is 0 Å². The van der Waals surface area contributed by atoms with Crippen LogP contribution in [0.5, 0.6) is 0 Å². The molecule has 0 aromatic heterocycles. The molecule has 1 saturated carbocycles. The summed E-state index contributed by atoms with van der Waals surface area (Å²) in [6, 6.07) is 0.548. The molecule has 0 spiro atoms. The monoisotopic (exact) mass is 255 g/mol. The van der Waals surface area contributed by atoms with Gasteiger partial charge in [0.1, 0.15) is 0 Å². The quantitative estimate of drug-likeness (QED) is 0.738. The summed E-state index contributed by atoms with van der Waals surface area (Å²) < 4.78 is 6.46. The van der Waals surface area contributed by atoms with Gasteiger partial charge in [-0.05, 0) is 44.9 Å². The third-order valence-corrected chi connectivity index (χ3v) is 4.16. The van der Waals surface area contributed by atoms with Crippen molar-refractivity contribution in [3.63, 3.8) is 0 Å². The molecule has 108 valence electrons. The van der Waals surface area contributed by atoms with Gasteiger partial charge < -0.3 is 10.1 Å². The maximum Gasteiger partial charge on any atom is 0.0810 e. The Bertz CT molecular complexity index is 219. The lowest BCUT2D eigenvalue weighted by Crippen LogP contribution is -2.49. The molecule has 0 aliphatic heterocycles. The van der Waals surface area contributed by atoms with Crippen molar-refractivity contribution < 1.29 is 4.74 Å². The first-order valence-corrected chi connectivity index (χ1v) is 7.88. The molecule has 0 amide bonds. The van der Waals surface area contributed by atoms with Crippen molar-refractivity contribution in [2.45, 2.75) is 90.9 Å². The normalized spacial score (nSPS) is 30.7. The van der Waals surface area contributed by atoms with Crippen LogP contribution in [0.3, 0.4) is 0 Å². The molecule has 2 nitrogen and oxygen atoms in total. The van der Waals surface area contributed by atoms with Crippen molar-refractivity contribution in [3.8, 4) is 0 Å². The highest BCUT2D eigenvalue weighted by molar-refractivity contribution is 4.89. The third kappa shape index (κ3) is 5.27. The number of hydrogen-bond acceptors (Lipinski definition) is 2. The summed E-state index contributed by atoms with van der Waals surface area (Å²) in [4.78, 5) is 0. The van der Waals surface area contributed by atoms with E-state index in [0.717, 1.165) is 12.5 Å². The van der Waals surface area contributed by atoms with Gasteiger partial charge in [0, 0.05) is 12.6 Å². The Balaban J connectivity index is 2.56. The van der Waals surface area contributed by atoms with Crippen LogP contribution in [-0.4, -0.2) is 24.3 Å². The molecule has 1 unspecified atom stereocenters. The smallest absolute Gasteiger partial charge is 0.0810 e. The first-order valence-electron chi connectivity index (χ1n) is 7.88. The van der Waals surface area contributed by atoms with Gasteiger partial charge in [-0.15, -0.1) is 0 Å². The predicted molar refractivity (Wildman–Crippen MR) is 79.0 cm³/mol. The maximum atomic E-state index is 6.46. The van der Waals surface area contributed by atoms with Crippen LogP contribution in [0.4, 0.5) is 0 Å². The summed E-state index contributed by atoms with van der Waals surface area (Å²) in [5.41, 5.74) is 0.103. The molecule has 0 heterocycles. The first-order chi connectivity index (χ1) is 8.47. The highest BCUT2D eigenvalue weighted by Crippen LogP contribution is 2.35. The summed E-state index contributed by atoms with van der Waals surface area (Å²) >= 11 is 0. The predicted octanol–water partition coefficient (Wildman–Crippen LogP) is 4.14. The van der Waals surface area contributed by atoms with E-state index in [4.69, 9.17) is 4.74 Å². The number of hydrogen-bond donors (Lipinski definition) is 1. The van der Waals surface area contributed by atoms with Gasteiger partial charge in [-0.2, -0.15) is 0 Å². The molecule has 1 aliphatic rings. The van der Waals surface area contributed by atoms with Gasteiger partial charge in [-0.3, -0.25) is 0 Å². The van der Waals surface area contributed by atoms with E-state index in [2.05, 4.69) is 39.9 Å². The van der Waals surface area contributed by atoms with E-state index >= 15 is 0 Å². The summed E-state index contributed by atoms with van der Waals surface area (Å²) in [6.07, 6.45) is 7.88. The number of rotatable bonds is 7. The Morgan fingerprint density at radius 3 is 2.33 bits per heavy atom. The van der Waals surface area contributed by atoms with Crippen LogP contribution >= 0.6 is 0 Å². The molecule has 0 bridgehead atoms. The van der Waals surface area contributed by atoms with Crippen LogP contribution in [0.15, 0.2) is 0 Å². The van der Waals surface area contributed by atoms with Crippen LogP contribution in [0.25, 0.3) is 0 Å². The van der Waals surface area contributed by atoms with Crippen LogP contribution in [0.2, 0.25) is 0 Å². The largest absolute Gasteiger partial charge is 0.371 e. The summed E-state index contributed by atoms with van der Waals surface area (Å²) in [5.74, 6) is 0.877. The van der Waals surface area contributed by atoms with Gasteiger partial charge in [0.15, 0.2) is 0 Å². The van der Waals surface area contributed by atoms with Crippen molar-refractivity contribution in [1.82, 2.24) is 5.32 Å². The fourth-order valence-corrected chi connectivity index (χ4v) is 2.91. The van der Waals surface area contributed by atoms with Gasteiger partial charge in [0.25, 0.3) is 0 Å². The van der Waals surface area contributed by atoms with Crippen LogP contribution in [-0.2, 0) is 4.74 Å². The summed E-state index contributed by atoms with van der Waals surface area (Å²) in [5, 5.41) is 3.59. The zero-order valence-corrected chi connectivity index (χ0v) is 13.1. The second-order valence-corrected chi connectivity index (χ2v) is 6.62. The molecule has 1 N–H and O–H groups in total. The van der Waals surface area contributed by atoms with Gasteiger partial charge in [-0.1, -0.05) is 34.1 Å². The molecule has 2 heteroatoms.